The summed E-state index contributed by atoms with van der Waals surface area (Å²) in [5, 5.41) is 8.20. The first-order chi connectivity index (χ1) is 16.9. The number of aromatic amines is 1. The average Bonchev–Trinajstić information content (AvgIpc) is 2.84. The molecule has 3 aromatic rings. The van der Waals surface area contributed by atoms with E-state index in [0.29, 0.717) is 22.7 Å². The average molecular weight is 477 g/mol. The van der Waals surface area contributed by atoms with E-state index in [1.165, 1.54) is 31.4 Å². The lowest BCUT2D eigenvalue weighted by Crippen LogP contribution is -2.36. The highest BCUT2D eigenvalue weighted by molar-refractivity contribution is 6.04. The summed E-state index contributed by atoms with van der Waals surface area (Å²) >= 11 is 0. The van der Waals surface area contributed by atoms with Crippen LogP contribution >= 0.6 is 0 Å². The van der Waals surface area contributed by atoms with Gasteiger partial charge in [-0.15, -0.1) is 0 Å². The largest absolute Gasteiger partial charge is 0.495 e. The van der Waals surface area contributed by atoms with E-state index in [1.807, 2.05) is 0 Å². The summed E-state index contributed by atoms with van der Waals surface area (Å²) in [6, 6.07) is 13.1. The standard InChI is InChI=1S/C24H23N5O6/c1-3-35-23(33)13-8-10-14(11-9-13)25-21(31)15-12-18(30)27-20-19(15)22(32)29-24(28-20)26-16-6-4-5-7-17(16)34-2/h4-11,15H,3,12H2,1-2H3,(H,25,31)(H3,26,27,28,29,30,32)/t15-/m1/s1. The summed E-state index contributed by atoms with van der Waals surface area (Å²) in [7, 11) is 1.51. The Labute approximate surface area is 199 Å². The molecular weight excluding hydrogens is 454 g/mol. The summed E-state index contributed by atoms with van der Waals surface area (Å²) in [5.74, 6) is -1.92. The summed E-state index contributed by atoms with van der Waals surface area (Å²) in [5.41, 5.74) is 0.777. The molecule has 11 heteroatoms. The molecule has 180 valence electrons. The Morgan fingerprint density at radius 2 is 1.86 bits per heavy atom. The van der Waals surface area contributed by atoms with E-state index < -0.39 is 29.3 Å². The van der Waals surface area contributed by atoms with E-state index in [1.54, 1.807) is 31.2 Å². The molecule has 2 aromatic carbocycles. The number of anilines is 4. The van der Waals surface area contributed by atoms with E-state index in [0.717, 1.165) is 0 Å². The van der Waals surface area contributed by atoms with Crippen molar-refractivity contribution in [2.24, 2.45) is 0 Å². The highest BCUT2D eigenvalue weighted by Gasteiger charge is 2.35. The molecule has 0 spiro atoms. The van der Waals surface area contributed by atoms with Crippen molar-refractivity contribution in [3.63, 3.8) is 0 Å². The van der Waals surface area contributed by atoms with Gasteiger partial charge in [0.1, 0.15) is 11.6 Å². The Morgan fingerprint density at radius 1 is 1.11 bits per heavy atom. The molecule has 1 atom stereocenters. The SMILES string of the molecule is CCOC(=O)c1ccc(NC(=O)[C@@H]2CC(=O)Nc3nc(Nc4ccccc4OC)[nH]c(=O)c32)cc1. The van der Waals surface area contributed by atoms with Gasteiger partial charge in [-0.2, -0.15) is 4.98 Å². The molecule has 0 aliphatic carbocycles. The first kappa shape index (κ1) is 23.5. The van der Waals surface area contributed by atoms with Crippen molar-refractivity contribution in [2.75, 3.05) is 29.7 Å². The number of aromatic nitrogens is 2. The molecule has 0 saturated carbocycles. The molecule has 0 unspecified atom stereocenters. The molecule has 35 heavy (non-hydrogen) atoms. The first-order valence-electron chi connectivity index (χ1n) is 10.8. The minimum absolute atomic E-state index is 0.000192. The van der Waals surface area contributed by atoms with Gasteiger partial charge in [0.2, 0.25) is 17.8 Å². The smallest absolute Gasteiger partial charge is 0.338 e. The topological polar surface area (TPSA) is 152 Å². The number of H-pyrrole nitrogens is 1. The van der Waals surface area contributed by atoms with E-state index in [4.69, 9.17) is 9.47 Å². The Kier molecular flexibility index (Phi) is 6.76. The lowest BCUT2D eigenvalue weighted by atomic mass is 9.92. The molecule has 0 bridgehead atoms. The molecule has 4 N–H and O–H groups in total. The van der Waals surface area contributed by atoms with Gasteiger partial charge >= 0.3 is 5.97 Å². The lowest BCUT2D eigenvalue weighted by molar-refractivity contribution is -0.123. The molecular formula is C24H23N5O6. The van der Waals surface area contributed by atoms with Crippen molar-refractivity contribution in [3.05, 3.63) is 70.0 Å². The van der Waals surface area contributed by atoms with Crippen LogP contribution in [0.4, 0.5) is 23.1 Å². The van der Waals surface area contributed by atoms with Crippen LogP contribution in [0.25, 0.3) is 0 Å². The van der Waals surface area contributed by atoms with Gasteiger partial charge in [-0.3, -0.25) is 19.4 Å². The Bertz CT molecular complexity index is 1330. The number of rotatable bonds is 7. The zero-order valence-corrected chi connectivity index (χ0v) is 19.0. The predicted octanol–water partition coefficient (Wildman–Crippen LogP) is 2.76. The molecule has 1 aliphatic rings. The maximum absolute atomic E-state index is 13.0. The Balaban J connectivity index is 1.57. The lowest BCUT2D eigenvalue weighted by Gasteiger charge is -2.23. The number of para-hydroxylation sites is 2. The number of ether oxygens (including phenoxy) is 2. The number of methoxy groups -OCH3 is 1. The third kappa shape index (κ3) is 5.13. The zero-order chi connectivity index (χ0) is 24.9. The fourth-order valence-electron chi connectivity index (χ4n) is 3.66. The van der Waals surface area contributed by atoms with E-state index >= 15 is 0 Å². The van der Waals surface area contributed by atoms with E-state index in [-0.39, 0.29) is 30.4 Å². The van der Waals surface area contributed by atoms with Crippen LogP contribution in [0.5, 0.6) is 5.75 Å². The summed E-state index contributed by atoms with van der Waals surface area (Å²) in [6.07, 6.45) is -0.218. The number of nitrogens with one attached hydrogen (secondary N) is 4. The van der Waals surface area contributed by atoms with Crippen molar-refractivity contribution in [2.45, 2.75) is 19.3 Å². The monoisotopic (exact) mass is 477 g/mol. The molecule has 0 fully saturated rings. The normalized spacial score (nSPS) is 14.3. The van der Waals surface area contributed by atoms with E-state index in [9.17, 15) is 19.2 Å². The molecule has 0 saturated heterocycles. The number of fused-ring (bicyclic) bond motifs is 1. The fourth-order valence-corrected chi connectivity index (χ4v) is 3.66. The molecule has 0 radical (unpaired) electrons. The van der Waals surface area contributed by atoms with Crippen LogP contribution in [-0.2, 0) is 14.3 Å². The van der Waals surface area contributed by atoms with Crippen LogP contribution in [0.15, 0.2) is 53.3 Å². The van der Waals surface area contributed by atoms with Gasteiger partial charge in [0, 0.05) is 12.1 Å². The quantitative estimate of drug-likeness (QED) is 0.379. The van der Waals surface area contributed by atoms with Crippen molar-refractivity contribution in [3.8, 4) is 5.75 Å². The van der Waals surface area contributed by atoms with Gasteiger partial charge in [-0.05, 0) is 43.3 Å². The zero-order valence-electron chi connectivity index (χ0n) is 19.0. The minimum atomic E-state index is -1.06. The van der Waals surface area contributed by atoms with Gasteiger partial charge in [-0.1, -0.05) is 12.1 Å². The predicted molar refractivity (Wildman–Crippen MR) is 128 cm³/mol. The summed E-state index contributed by atoms with van der Waals surface area (Å²) in [6.45, 7) is 1.96. The summed E-state index contributed by atoms with van der Waals surface area (Å²) < 4.78 is 10.2. The molecule has 1 aromatic heterocycles. The highest BCUT2D eigenvalue weighted by Crippen LogP contribution is 2.31. The third-order valence-electron chi connectivity index (χ3n) is 5.29. The molecule has 4 rings (SSSR count). The van der Waals surface area contributed by atoms with E-state index in [2.05, 4.69) is 25.9 Å². The van der Waals surface area contributed by atoms with Crippen LogP contribution in [0, 0.1) is 0 Å². The molecule has 1 aliphatic heterocycles. The van der Waals surface area contributed by atoms with Gasteiger partial charge < -0.3 is 25.4 Å². The minimum Gasteiger partial charge on any atom is -0.495 e. The van der Waals surface area contributed by atoms with Crippen LogP contribution in [-0.4, -0.2) is 41.5 Å². The first-order valence-corrected chi connectivity index (χ1v) is 10.8. The molecule has 2 heterocycles. The second-order valence-electron chi connectivity index (χ2n) is 7.59. The van der Waals surface area contributed by atoms with Gasteiger partial charge in [-0.25, -0.2) is 4.79 Å². The second-order valence-corrected chi connectivity index (χ2v) is 7.59. The third-order valence-corrected chi connectivity index (χ3v) is 5.29. The Morgan fingerprint density at radius 3 is 2.57 bits per heavy atom. The number of carbonyl (C=O) groups is 3. The van der Waals surface area contributed by atoms with Crippen LogP contribution in [0.2, 0.25) is 0 Å². The number of benzene rings is 2. The number of esters is 1. The number of hydrogen-bond acceptors (Lipinski definition) is 8. The summed E-state index contributed by atoms with van der Waals surface area (Å²) in [4.78, 5) is 57.0. The van der Waals surface area contributed by atoms with Crippen LogP contribution in [0.3, 0.4) is 0 Å². The van der Waals surface area contributed by atoms with Gasteiger partial charge in [0.25, 0.3) is 5.56 Å². The maximum Gasteiger partial charge on any atom is 0.338 e. The molecule has 2 amide bonds. The number of nitrogens with zero attached hydrogens (tertiary/aromatic N) is 1. The maximum atomic E-state index is 13.0. The highest BCUT2D eigenvalue weighted by atomic mass is 16.5. The van der Waals surface area contributed by atoms with Crippen molar-refractivity contribution < 1.29 is 23.9 Å². The van der Waals surface area contributed by atoms with Crippen LogP contribution < -0.4 is 26.2 Å². The van der Waals surface area contributed by atoms with Crippen molar-refractivity contribution in [1.82, 2.24) is 9.97 Å². The Hall–Kier alpha value is -4.67. The fraction of sp³-hybridized carbons (Fsp3) is 0.208. The number of carbonyl (C=O) groups excluding carboxylic acids is 3. The number of amides is 2. The van der Waals surface area contributed by atoms with Crippen molar-refractivity contribution >= 4 is 40.9 Å². The van der Waals surface area contributed by atoms with Crippen LogP contribution in [0.1, 0.15) is 35.2 Å². The van der Waals surface area contributed by atoms with Crippen molar-refractivity contribution in [1.29, 1.82) is 0 Å². The second kappa shape index (κ2) is 10.1. The van der Waals surface area contributed by atoms with Gasteiger partial charge in [0.15, 0.2) is 0 Å². The molecule has 11 nitrogen and oxygen atoms in total. The number of hydrogen-bond donors (Lipinski definition) is 4. The van der Waals surface area contributed by atoms with Gasteiger partial charge in [0.05, 0.1) is 36.4 Å².